The lowest BCUT2D eigenvalue weighted by molar-refractivity contribution is -0.111. The monoisotopic (exact) mass is 294 g/mol. The molecular formula is C19H22N2O. The van der Waals surface area contributed by atoms with Crippen LogP contribution in [0.15, 0.2) is 66.2 Å². The Kier molecular flexibility index (Phi) is 5.92. The molecule has 2 aromatic carbocycles. The molecule has 0 saturated heterocycles. The van der Waals surface area contributed by atoms with E-state index in [0.717, 1.165) is 23.4 Å². The molecule has 0 unspecified atom stereocenters. The predicted molar refractivity (Wildman–Crippen MR) is 91.5 cm³/mol. The average molecular weight is 294 g/mol. The summed E-state index contributed by atoms with van der Waals surface area (Å²) >= 11 is 0. The van der Waals surface area contributed by atoms with Crippen molar-refractivity contribution in [3.05, 3.63) is 77.4 Å². The van der Waals surface area contributed by atoms with Crippen molar-refractivity contribution in [3.63, 3.8) is 0 Å². The lowest BCUT2D eigenvalue weighted by Crippen LogP contribution is -2.16. The molecule has 0 heterocycles. The Morgan fingerprint density at radius 3 is 2.36 bits per heavy atom. The highest BCUT2D eigenvalue weighted by Crippen LogP contribution is 2.15. The van der Waals surface area contributed by atoms with Gasteiger partial charge in [-0.1, -0.05) is 54.1 Å². The van der Waals surface area contributed by atoms with Crippen molar-refractivity contribution in [1.29, 1.82) is 0 Å². The van der Waals surface area contributed by atoms with Gasteiger partial charge in [-0.25, -0.2) is 0 Å². The van der Waals surface area contributed by atoms with Crippen molar-refractivity contribution in [3.8, 4) is 0 Å². The summed E-state index contributed by atoms with van der Waals surface area (Å²) in [6.45, 7) is 5.33. The van der Waals surface area contributed by atoms with E-state index in [1.54, 1.807) is 6.08 Å². The molecule has 2 rings (SSSR count). The number of carbonyl (C=O) groups is 1. The van der Waals surface area contributed by atoms with Gasteiger partial charge in [0.2, 0.25) is 5.91 Å². The Labute approximate surface area is 132 Å². The number of allylic oxidation sites excluding steroid dienone is 1. The maximum atomic E-state index is 11.9. The second-order valence-corrected chi connectivity index (χ2v) is 5.46. The molecule has 0 atom stereocenters. The zero-order valence-corrected chi connectivity index (χ0v) is 13.1. The van der Waals surface area contributed by atoms with Crippen molar-refractivity contribution in [2.24, 2.45) is 0 Å². The summed E-state index contributed by atoms with van der Waals surface area (Å²) in [4.78, 5) is 11.9. The lowest BCUT2D eigenvalue weighted by atomic mass is 10.1. The van der Waals surface area contributed by atoms with Gasteiger partial charge in [0, 0.05) is 24.9 Å². The van der Waals surface area contributed by atoms with Crippen LogP contribution in [-0.4, -0.2) is 5.91 Å². The number of para-hydroxylation sites is 1. The van der Waals surface area contributed by atoms with E-state index in [4.69, 9.17) is 0 Å². The topological polar surface area (TPSA) is 41.1 Å². The molecule has 0 aliphatic rings. The number of benzene rings is 2. The van der Waals surface area contributed by atoms with E-state index in [9.17, 15) is 4.79 Å². The normalized spacial score (nSPS) is 10.1. The minimum Gasteiger partial charge on any atom is -0.322 e. The van der Waals surface area contributed by atoms with Crippen LogP contribution in [0, 0.1) is 0 Å². The molecule has 2 N–H and O–H groups in total. The average Bonchev–Trinajstić information content (AvgIpc) is 2.49. The SMILES string of the molecule is CC(C)=CC(=O)Nc1ccccc1CNCc1ccccc1. The van der Waals surface area contributed by atoms with E-state index >= 15 is 0 Å². The van der Waals surface area contributed by atoms with E-state index in [2.05, 4.69) is 22.8 Å². The van der Waals surface area contributed by atoms with Gasteiger partial charge in [-0.3, -0.25) is 4.79 Å². The minimum absolute atomic E-state index is 0.0875. The van der Waals surface area contributed by atoms with Crippen molar-refractivity contribution in [2.75, 3.05) is 5.32 Å². The van der Waals surface area contributed by atoms with Crippen molar-refractivity contribution in [2.45, 2.75) is 26.9 Å². The van der Waals surface area contributed by atoms with Crippen LogP contribution < -0.4 is 10.6 Å². The summed E-state index contributed by atoms with van der Waals surface area (Å²) in [7, 11) is 0. The highest BCUT2D eigenvalue weighted by molar-refractivity contribution is 6.00. The molecule has 0 aliphatic heterocycles. The van der Waals surface area contributed by atoms with Crippen LogP contribution >= 0.6 is 0 Å². The van der Waals surface area contributed by atoms with E-state index in [1.807, 2.05) is 56.3 Å². The fourth-order valence-corrected chi connectivity index (χ4v) is 2.16. The van der Waals surface area contributed by atoms with Gasteiger partial charge in [0.25, 0.3) is 0 Å². The second kappa shape index (κ2) is 8.15. The summed E-state index contributed by atoms with van der Waals surface area (Å²) in [6.07, 6.45) is 1.61. The van der Waals surface area contributed by atoms with Crippen LogP contribution in [0.3, 0.4) is 0 Å². The zero-order chi connectivity index (χ0) is 15.8. The van der Waals surface area contributed by atoms with Gasteiger partial charge in [0.1, 0.15) is 0 Å². The van der Waals surface area contributed by atoms with Gasteiger partial charge in [0.05, 0.1) is 0 Å². The van der Waals surface area contributed by atoms with Gasteiger partial charge < -0.3 is 10.6 Å². The Hall–Kier alpha value is -2.39. The first-order chi connectivity index (χ1) is 10.6. The molecule has 3 heteroatoms. The summed E-state index contributed by atoms with van der Waals surface area (Å²) in [5.41, 5.74) is 4.16. The molecule has 0 bridgehead atoms. The molecule has 3 nitrogen and oxygen atoms in total. The first-order valence-electron chi connectivity index (χ1n) is 7.43. The molecule has 0 aromatic heterocycles. The highest BCUT2D eigenvalue weighted by atomic mass is 16.1. The number of nitrogens with one attached hydrogen (secondary N) is 2. The predicted octanol–water partition coefficient (Wildman–Crippen LogP) is 3.88. The third kappa shape index (κ3) is 5.19. The van der Waals surface area contributed by atoms with Crippen molar-refractivity contribution >= 4 is 11.6 Å². The summed E-state index contributed by atoms with van der Waals surface area (Å²) in [5, 5.41) is 6.34. The molecule has 22 heavy (non-hydrogen) atoms. The van der Waals surface area contributed by atoms with Crippen LogP contribution in [-0.2, 0) is 17.9 Å². The largest absolute Gasteiger partial charge is 0.322 e. The standard InChI is InChI=1S/C19H22N2O/c1-15(2)12-19(22)21-18-11-7-6-10-17(18)14-20-13-16-8-4-3-5-9-16/h3-12,20H,13-14H2,1-2H3,(H,21,22). The summed E-state index contributed by atoms with van der Waals surface area (Å²) in [5.74, 6) is -0.0875. The van der Waals surface area contributed by atoms with Gasteiger partial charge in [-0.05, 0) is 31.0 Å². The maximum absolute atomic E-state index is 11.9. The number of hydrogen-bond donors (Lipinski definition) is 2. The lowest BCUT2D eigenvalue weighted by Gasteiger charge is -2.11. The molecule has 0 radical (unpaired) electrons. The molecule has 0 aliphatic carbocycles. The molecular weight excluding hydrogens is 272 g/mol. The first-order valence-corrected chi connectivity index (χ1v) is 7.43. The number of hydrogen-bond acceptors (Lipinski definition) is 2. The highest BCUT2D eigenvalue weighted by Gasteiger charge is 2.04. The third-order valence-corrected chi connectivity index (χ3v) is 3.18. The number of carbonyl (C=O) groups excluding carboxylic acids is 1. The minimum atomic E-state index is -0.0875. The fraction of sp³-hybridized carbons (Fsp3) is 0.211. The smallest absolute Gasteiger partial charge is 0.248 e. The van der Waals surface area contributed by atoms with E-state index < -0.39 is 0 Å². The van der Waals surface area contributed by atoms with E-state index in [-0.39, 0.29) is 5.91 Å². The van der Waals surface area contributed by atoms with Crippen molar-refractivity contribution in [1.82, 2.24) is 5.32 Å². The van der Waals surface area contributed by atoms with Gasteiger partial charge in [-0.2, -0.15) is 0 Å². The van der Waals surface area contributed by atoms with Gasteiger partial charge in [-0.15, -0.1) is 0 Å². The summed E-state index contributed by atoms with van der Waals surface area (Å²) in [6, 6.07) is 18.1. The molecule has 1 amide bonds. The first kappa shape index (κ1) is 16.0. The molecule has 2 aromatic rings. The van der Waals surface area contributed by atoms with Crippen LogP contribution in [0.1, 0.15) is 25.0 Å². The van der Waals surface area contributed by atoms with Gasteiger partial charge in [0.15, 0.2) is 0 Å². The second-order valence-electron chi connectivity index (χ2n) is 5.46. The Balaban J connectivity index is 1.96. The van der Waals surface area contributed by atoms with Crippen LogP contribution in [0.4, 0.5) is 5.69 Å². The summed E-state index contributed by atoms with van der Waals surface area (Å²) < 4.78 is 0. The molecule has 0 fully saturated rings. The molecule has 0 saturated carbocycles. The third-order valence-electron chi connectivity index (χ3n) is 3.18. The molecule has 114 valence electrons. The Morgan fingerprint density at radius 2 is 1.64 bits per heavy atom. The fourth-order valence-electron chi connectivity index (χ4n) is 2.16. The Morgan fingerprint density at radius 1 is 0.955 bits per heavy atom. The van der Waals surface area contributed by atoms with E-state index in [0.29, 0.717) is 6.54 Å². The van der Waals surface area contributed by atoms with Crippen LogP contribution in [0.25, 0.3) is 0 Å². The number of amides is 1. The van der Waals surface area contributed by atoms with Crippen LogP contribution in [0.5, 0.6) is 0 Å². The van der Waals surface area contributed by atoms with Gasteiger partial charge >= 0.3 is 0 Å². The number of rotatable bonds is 6. The van der Waals surface area contributed by atoms with Crippen molar-refractivity contribution < 1.29 is 4.79 Å². The van der Waals surface area contributed by atoms with E-state index in [1.165, 1.54) is 5.56 Å². The number of anilines is 1. The quantitative estimate of drug-likeness (QED) is 0.794. The molecule has 0 spiro atoms. The maximum Gasteiger partial charge on any atom is 0.248 e. The Bertz CT molecular complexity index is 643. The zero-order valence-electron chi connectivity index (χ0n) is 13.1. The van der Waals surface area contributed by atoms with Crippen LogP contribution in [0.2, 0.25) is 0 Å².